The molecule has 0 amide bonds. The molecule has 0 saturated carbocycles. The first-order chi connectivity index (χ1) is 11.7. The molecule has 2 rings (SSSR count). The van der Waals surface area contributed by atoms with Gasteiger partial charge in [-0.3, -0.25) is 0 Å². The second-order valence-corrected chi connectivity index (χ2v) is 8.08. The van der Waals surface area contributed by atoms with E-state index in [1.165, 1.54) is 59.4 Å². The minimum atomic E-state index is 0.144. The van der Waals surface area contributed by atoms with Gasteiger partial charge in [0.05, 0.1) is 6.61 Å². The summed E-state index contributed by atoms with van der Waals surface area (Å²) in [7, 11) is 0. The average molecular weight is 345 g/mol. The standard InChI is InChI=1S/C22H32OS/c1-4-5-6-7-8-12-15-20-21(18-13-10-9-11-14-18)19(16-23)22(24-20)17(2)3/h9-11,13-14,17,23H,4-8,12,15-16H2,1-3H3. The number of aliphatic hydroxyl groups is 1. The van der Waals surface area contributed by atoms with Crippen LogP contribution < -0.4 is 0 Å². The Morgan fingerprint density at radius 3 is 2.25 bits per heavy atom. The number of hydrogen-bond acceptors (Lipinski definition) is 2. The SMILES string of the molecule is CCCCCCCCc1sc(C(C)C)c(CO)c1-c1ccccc1. The maximum atomic E-state index is 10.00. The third-order valence-corrected chi connectivity index (χ3v) is 6.21. The first kappa shape index (κ1) is 19.2. The molecule has 1 nitrogen and oxygen atoms in total. The van der Waals surface area contributed by atoms with Gasteiger partial charge in [-0.25, -0.2) is 0 Å². The predicted molar refractivity (Wildman–Crippen MR) is 107 cm³/mol. The van der Waals surface area contributed by atoms with Crippen molar-refractivity contribution in [3.8, 4) is 11.1 Å². The molecular formula is C22H32OS. The minimum Gasteiger partial charge on any atom is -0.392 e. The quantitative estimate of drug-likeness (QED) is 0.463. The van der Waals surface area contributed by atoms with Crippen molar-refractivity contribution in [3.63, 3.8) is 0 Å². The van der Waals surface area contributed by atoms with Crippen molar-refractivity contribution in [2.75, 3.05) is 0 Å². The average Bonchev–Trinajstić information content (AvgIpc) is 2.97. The van der Waals surface area contributed by atoms with Crippen LogP contribution in [0.25, 0.3) is 11.1 Å². The van der Waals surface area contributed by atoms with E-state index in [1.807, 2.05) is 11.3 Å². The minimum absolute atomic E-state index is 0.144. The molecule has 2 heteroatoms. The van der Waals surface area contributed by atoms with E-state index in [0.29, 0.717) is 5.92 Å². The maximum absolute atomic E-state index is 10.00. The smallest absolute Gasteiger partial charge is 0.0698 e. The third-order valence-electron chi connectivity index (χ3n) is 4.61. The van der Waals surface area contributed by atoms with Gasteiger partial charge in [-0.15, -0.1) is 11.3 Å². The summed E-state index contributed by atoms with van der Waals surface area (Å²) < 4.78 is 0. The topological polar surface area (TPSA) is 20.2 Å². The summed E-state index contributed by atoms with van der Waals surface area (Å²) in [6.07, 6.45) is 9.10. The summed E-state index contributed by atoms with van der Waals surface area (Å²) in [5.74, 6) is 0.470. The maximum Gasteiger partial charge on any atom is 0.0698 e. The zero-order valence-electron chi connectivity index (χ0n) is 15.5. The Morgan fingerprint density at radius 2 is 1.62 bits per heavy atom. The molecule has 0 aliphatic heterocycles. The lowest BCUT2D eigenvalue weighted by atomic mass is 9.96. The molecule has 0 bridgehead atoms. The van der Waals surface area contributed by atoms with E-state index in [1.54, 1.807) is 0 Å². The molecule has 0 atom stereocenters. The van der Waals surface area contributed by atoms with Crippen LogP contribution in [0.15, 0.2) is 30.3 Å². The third kappa shape index (κ3) is 4.94. The Hall–Kier alpha value is -1.12. The van der Waals surface area contributed by atoms with Crippen LogP contribution in [0, 0.1) is 0 Å². The normalized spacial score (nSPS) is 11.4. The Bertz CT molecular complexity index is 598. The van der Waals surface area contributed by atoms with Gasteiger partial charge < -0.3 is 5.11 Å². The summed E-state index contributed by atoms with van der Waals surface area (Å²) in [6, 6.07) is 10.6. The van der Waals surface area contributed by atoms with E-state index in [-0.39, 0.29) is 6.61 Å². The second kappa shape index (κ2) is 10.0. The summed E-state index contributed by atoms with van der Waals surface area (Å²) in [6.45, 7) is 6.87. The molecule has 0 saturated heterocycles. The summed E-state index contributed by atoms with van der Waals surface area (Å²) >= 11 is 1.92. The van der Waals surface area contributed by atoms with Gasteiger partial charge in [0.2, 0.25) is 0 Å². The van der Waals surface area contributed by atoms with Crippen molar-refractivity contribution >= 4 is 11.3 Å². The molecule has 0 unspecified atom stereocenters. The van der Waals surface area contributed by atoms with Gasteiger partial charge in [0.25, 0.3) is 0 Å². The van der Waals surface area contributed by atoms with E-state index < -0.39 is 0 Å². The fourth-order valence-electron chi connectivity index (χ4n) is 3.34. The van der Waals surface area contributed by atoms with Crippen LogP contribution >= 0.6 is 11.3 Å². The Kier molecular flexibility index (Phi) is 8.01. The molecule has 24 heavy (non-hydrogen) atoms. The number of thiophene rings is 1. The van der Waals surface area contributed by atoms with Crippen molar-refractivity contribution < 1.29 is 5.11 Å². The number of hydrogen-bond donors (Lipinski definition) is 1. The predicted octanol–water partition coefficient (Wildman–Crippen LogP) is 6.93. The first-order valence-electron chi connectivity index (χ1n) is 9.49. The summed E-state index contributed by atoms with van der Waals surface area (Å²) in [5.41, 5.74) is 3.72. The molecule has 132 valence electrons. The van der Waals surface area contributed by atoms with Crippen LogP contribution in [0.4, 0.5) is 0 Å². The van der Waals surface area contributed by atoms with Crippen molar-refractivity contribution in [2.45, 2.75) is 78.2 Å². The van der Waals surface area contributed by atoms with Gasteiger partial charge in [0.15, 0.2) is 0 Å². The lowest BCUT2D eigenvalue weighted by molar-refractivity contribution is 0.281. The molecule has 0 aliphatic rings. The van der Waals surface area contributed by atoms with Gasteiger partial charge >= 0.3 is 0 Å². The fourth-order valence-corrected chi connectivity index (χ4v) is 4.72. The van der Waals surface area contributed by atoms with E-state index in [2.05, 4.69) is 51.1 Å². The van der Waals surface area contributed by atoms with E-state index in [9.17, 15) is 5.11 Å². The molecule has 2 aromatic rings. The lowest BCUT2D eigenvalue weighted by Crippen LogP contribution is -1.94. The van der Waals surface area contributed by atoms with Gasteiger partial charge in [-0.1, -0.05) is 83.2 Å². The fraction of sp³-hybridized carbons (Fsp3) is 0.545. The highest BCUT2D eigenvalue weighted by Crippen LogP contribution is 2.41. The van der Waals surface area contributed by atoms with E-state index >= 15 is 0 Å². The highest BCUT2D eigenvalue weighted by atomic mass is 32.1. The molecule has 0 fully saturated rings. The van der Waals surface area contributed by atoms with Gasteiger partial charge in [0, 0.05) is 15.3 Å². The van der Waals surface area contributed by atoms with Crippen molar-refractivity contribution in [1.82, 2.24) is 0 Å². The van der Waals surface area contributed by atoms with Gasteiger partial charge in [0.1, 0.15) is 0 Å². The number of aryl methyl sites for hydroxylation is 1. The van der Waals surface area contributed by atoms with Crippen LogP contribution in [0.2, 0.25) is 0 Å². The van der Waals surface area contributed by atoms with Crippen LogP contribution in [0.1, 0.15) is 80.5 Å². The Balaban J connectivity index is 2.19. The molecule has 1 heterocycles. The van der Waals surface area contributed by atoms with Crippen molar-refractivity contribution in [2.24, 2.45) is 0 Å². The monoisotopic (exact) mass is 344 g/mol. The molecule has 1 aromatic carbocycles. The van der Waals surface area contributed by atoms with Crippen molar-refractivity contribution in [3.05, 3.63) is 45.6 Å². The number of aliphatic hydroxyl groups excluding tert-OH is 1. The zero-order valence-corrected chi connectivity index (χ0v) is 16.3. The number of rotatable bonds is 10. The van der Waals surface area contributed by atoms with Crippen LogP contribution in [0.3, 0.4) is 0 Å². The molecular weight excluding hydrogens is 312 g/mol. The Morgan fingerprint density at radius 1 is 0.958 bits per heavy atom. The summed E-state index contributed by atoms with van der Waals surface area (Å²) in [4.78, 5) is 2.82. The van der Waals surface area contributed by atoms with E-state index in [4.69, 9.17) is 0 Å². The Labute approximate surface area is 151 Å². The first-order valence-corrected chi connectivity index (χ1v) is 10.3. The molecule has 0 radical (unpaired) electrons. The molecule has 1 aromatic heterocycles. The zero-order chi connectivity index (χ0) is 17.4. The van der Waals surface area contributed by atoms with Crippen LogP contribution in [-0.4, -0.2) is 5.11 Å². The summed E-state index contributed by atoms with van der Waals surface area (Å²) in [5, 5.41) is 10.00. The largest absolute Gasteiger partial charge is 0.392 e. The van der Waals surface area contributed by atoms with Gasteiger partial charge in [-0.05, 0) is 29.9 Å². The highest BCUT2D eigenvalue weighted by molar-refractivity contribution is 7.12. The highest BCUT2D eigenvalue weighted by Gasteiger charge is 2.20. The van der Waals surface area contributed by atoms with Gasteiger partial charge in [-0.2, -0.15) is 0 Å². The molecule has 1 N–H and O–H groups in total. The molecule has 0 aliphatic carbocycles. The lowest BCUT2D eigenvalue weighted by Gasteiger charge is -2.09. The van der Waals surface area contributed by atoms with Crippen LogP contribution in [0.5, 0.6) is 0 Å². The van der Waals surface area contributed by atoms with E-state index in [0.717, 1.165) is 12.0 Å². The number of unbranched alkanes of at least 4 members (excludes halogenated alkanes) is 5. The van der Waals surface area contributed by atoms with Crippen LogP contribution in [-0.2, 0) is 13.0 Å². The molecule has 0 spiro atoms. The van der Waals surface area contributed by atoms with Crippen molar-refractivity contribution in [1.29, 1.82) is 0 Å². The second-order valence-electron chi connectivity index (χ2n) is 6.94. The number of benzene rings is 1.